The number of carboxylic acids is 1. The molecule has 1 atom stereocenters. The minimum atomic E-state index is -1.10. The number of ether oxygens (including phenoxy) is 2. The molecule has 0 aliphatic carbocycles. The van der Waals surface area contributed by atoms with Crippen LogP contribution in [0.1, 0.15) is 29.1 Å². The van der Waals surface area contributed by atoms with Crippen molar-refractivity contribution < 1.29 is 19.4 Å². The molecule has 0 aliphatic rings. The van der Waals surface area contributed by atoms with Crippen molar-refractivity contribution in [1.82, 2.24) is 4.98 Å². The Hall–Kier alpha value is -3.08. The summed E-state index contributed by atoms with van der Waals surface area (Å²) >= 11 is 0. The van der Waals surface area contributed by atoms with Crippen LogP contribution in [0, 0.1) is 0 Å². The Kier molecular flexibility index (Phi) is 4.33. The van der Waals surface area contributed by atoms with E-state index in [0.717, 1.165) is 16.7 Å². The third-order valence-corrected chi connectivity index (χ3v) is 3.77. The number of fused-ring (bicyclic) bond motifs is 1. The van der Waals surface area contributed by atoms with Crippen molar-refractivity contribution >= 4 is 16.9 Å². The molecule has 0 bridgehead atoms. The summed E-state index contributed by atoms with van der Waals surface area (Å²) in [6.45, 7) is 1.91. The van der Waals surface area contributed by atoms with Crippen molar-refractivity contribution in [2.45, 2.75) is 13.0 Å². The highest BCUT2D eigenvalue weighted by atomic mass is 16.5. The SMILES string of the molecule is COc1cc(C(=O)O)nc2c([C@@H](C)Oc3ccccc3)cccc12. The molecule has 0 unspecified atom stereocenters. The number of para-hydroxylation sites is 2. The second kappa shape index (κ2) is 6.58. The summed E-state index contributed by atoms with van der Waals surface area (Å²) in [5, 5.41) is 10.0. The van der Waals surface area contributed by atoms with Crippen molar-refractivity contribution in [3.8, 4) is 11.5 Å². The van der Waals surface area contributed by atoms with Gasteiger partial charge in [-0.05, 0) is 25.1 Å². The minimum Gasteiger partial charge on any atom is -0.496 e. The molecule has 24 heavy (non-hydrogen) atoms. The molecule has 122 valence electrons. The van der Waals surface area contributed by atoms with Crippen molar-refractivity contribution in [1.29, 1.82) is 0 Å². The van der Waals surface area contributed by atoms with Crippen LogP contribution >= 0.6 is 0 Å². The van der Waals surface area contributed by atoms with Gasteiger partial charge in [0.05, 0.1) is 12.6 Å². The van der Waals surface area contributed by atoms with Crippen LogP contribution < -0.4 is 9.47 Å². The predicted octanol–water partition coefficient (Wildman–Crippen LogP) is 4.08. The highest BCUT2D eigenvalue weighted by Crippen LogP contribution is 2.32. The van der Waals surface area contributed by atoms with Crippen LogP contribution in [0.15, 0.2) is 54.6 Å². The van der Waals surface area contributed by atoms with Crippen LogP contribution in [0.2, 0.25) is 0 Å². The molecular weight excluding hydrogens is 306 g/mol. The first-order valence-electron chi connectivity index (χ1n) is 7.53. The summed E-state index contributed by atoms with van der Waals surface area (Å²) in [4.78, 5) is 15.6. The van der Waals surface area contributed by atoms with Gasteiger partial charge in [0.2, 0.25) is 0 Å². The Morgan fingerprint density at radius 3 is 2.54 bits per heavy atom. The van der Waals surface area contributed by atoms with Gasteiger partial charge >= 0.3 is 5.97 Å². The quantitative estimate of drug-likeness (QED) is 0.766. The van der Waals surface area contributed by atoms with Gasteiger partial charge in [-0.2, -0.15) is 0 Å². The standard InChI is InChI=1S/C19H17NO4/c1-12(24-13-7-4-3-5-8-13)14-9-6-10-15-17(23-2)11-16(19(21)22)20-18(14)15/h3-12H,1-2H3,(H,21,22)/t12-/m1/s1. The zero-order chi connectivity index (χ0) is 17.1. The Morgan fingerprint density at radius 2 is 1.88 bits per heavy atom. The van der Waals surface area contributed by atoms with Crippen molar-refractivity contribution in [3.63, 3.8) is 0 Å². The molecule has 3 aromatic rings. The van der Waals surface area contributed by atoms with Gasteiger partial charge in [0, 0.05) is 17.0 Å². The van der Waals surface area contributed by atoms with Gasteiger partial charge in [0.15, 0.2) is 5.69 Å². The van der Waals surface area contributed by atoms with E-state index in [4.69, 9.17) is 9.47 Å². The highest BCUT2D eigenvalue weighted by Gasteiger charge is 2.17. The molecule has 0 amide bonds. The molecule has 0 saturated heterocycles. The maximum Gasteiger partial charge on any atom is 0.354 e. The fourth-order valence-electron chi connectivity index (χ4n) is 2.61. The molecule has 5 nitrogen and oxygen atoms in total. The molecule has 1 heterocycles. The second-order valence-electron chi connectivity index (χ2n) is 5.33. The molecule has 0 radical (unpaired) electrons. The summed E-state index contributed by atoms with van der Waals surface area (Å²) in [5.74, 6) is 0.121. The van der Waals surface area contributed by atoms with Crippen molar-refractivity contribution in [2.75, 3.05) is 7.11 Å². The third-order valence-electron chi connectivity index (χ3n) is 3.77. The normalized spacial score (nSPS) is 11.9. The van der Waals surface area contributed by atoms with E-state index in [-0.39, 0.29) is 11.8 Å². The minimum absolute atomic E-state index is 0.0567. The number of hydrogen-bond acceptors (Lipinski definition) is 4. The number of pyridine rings is 1. The highest BCUT2D eigenvalue weighted by molar-refractivity contribution is 5.94. The van der Waals surface area contributed by atoms with E-state index in [1.165, 1.54) is 13.2 Å². The molecule has 3 rings (SSSR count). The average Bonchev–Trinajstić information content (AvgIpc) is 2.60. The largest absolute Gasteiger partial charge is 0.496 e. The Labute approximate surface area is 139 Å². The van der Waals surface area contributed by atoms with E-state index in [1.807, 2.05) is 55.5 Å². The fraction of sp³-hybridized carbons (Fsp3) is 0.158. The van der Waals surface area contributed by atoms with Crippen LogP contribution in [0.3, 0.4) is 0 Å². The lowest BCUT2D eigenvalue weighted by molar-refractivity contribution is 0.0690. The number of carbonyl (C=O) groups is 1. The van der Waals surface area contributed by atoms with Crippen LogP contribution in [0.4, 0.5) is 0 Å². The maximum atomic E-state index is 11.3. The molecule has 1 N–H and O–H groups in total. The first-order chi connectivity index (χ1) is 11.6. The zero-order valence-electron chi connectivity index (χ0n) is 13.4. The number of carboxylic acid groups (broad SMARTS) is 1. The molecule has 0 aliphatic heterocycles. The Bertz CT molecular complexity index is 877. The average molecular weight is 323 g/mol. The van der Waals surface area contributed by atoms with Gasteiger partial charge in [0.25, 0.3) is 0 Å². The summed E-state index contributed by atoms with van der Waals surface area (Å²) in [6.07, 6.45) is -0.294. The number of benzene rings is 2. The molecule has 5 heteroatoms. The van der Waals surface area contributed by atoms with Crippen molar-refractivity contribution in [3.05, 3.63) is 65.9 Å². The van der Waals surface area contributed by atoms with E-state index in [2.05, 4.69) is 4.98 Å². The van der Waals surface area contributed by atoms with Gasteiger partial charge in [-0.25, -0.2) is 9.78 Å². The van der Waals surface area contributed by atoms with Crippen molar-refractivity contribution in [2.24, 2.45) is 0 Å². The maximum absolute atomic E-state index is 11.3. The lowest BCUT2D eigenvalue weighted by atomic mass is 10.0. The number of aromatic nitrogens is 1. The van der Waals surface area contributed by atoms with Gasteiger partial charge in [-0.15, -0.1) is 0 Å². The molecule has 0 fully saturated rings. The van der Waals surface area contributed by atoms with Crippen LogP contribution in [-0.2, 0) is 0 Å². The first-order valence-corrected chi connectivity index (χ1v) is 7.53. The summed E-state index contributed by atoms with van der Waals surface area (Å²) in [6, 6.07) is 16.5. The van der Waals surface area contributed by atoms with Gasteiger partial charge in [-0.1, -0.05) is 30.3 Å². The summed E-state index contributed by atoms with van der Waals surface area (Å²) in [5.41, 5.74) is 1.31. The lowest BCUT2D eigenvalue weighted by Gasteiger charge is -2.17. The number of aromatic carboxylic acids is 1. The van der Waals surface area contributed by atoms with E-state index < -0.39 is 5.97 Å². The Morgan fingerprint density at radius 1 is 1.12 bits per heavy atom. The number of methoxy groups -OCH3 is 1. The monoisotopic (exact) mass is 323 g/mol. The fourth-order valence-corrected chi connectivity index (χ4v) is 2.61. The summed E-state index contributed by atoms with van der Waals surface area (Å²) < 4.78 is 11.3. The molecule has 1 aromatic heterocycles. The predicted molar refractivity (Wildman–Crippen MR) is 90.7 cm³/mol. The van der Waals surface area contributed by atoms with Gasteiger partial charge in [-0.3, -0.25) is 0 Å². The van der Waals surface area contributed by atoms with E-state index in [0.29, 0.717) is 11.3 Å². The smallest absolute Gasteiger partial charge is 0.354 e. The Balaban J connectivity index is 2.10. The van der Waals surface area contributed by atoms with Crippen LogP contribution in [0.5, 0.6) is 11.5 Å². The van der Waals surface area contributed by atoms with Crippen LogP contribution in [-0.4, -0.2) is 23.2 Å². The zero-order valence-corrected chi connectivity index (χ0v) is 13.4. The summed E-state index contributed by atoms with van der Waals surface area (Å²) in [7, 11) is 1.51. The van der Waals surface area contributed by atoms with Gasteiger partial charge < -0.3 is 14.6 Å². The first kappa shape index (κ1) is 15.8. The second-order valence-corrected chi connectivity index (χ2v) is 5.33. The number of hydrogen-bond donors (Lipinski definition) is 1. The molecule has 0 spiro atoms. The molecule has 2 aromatic carbocycles. The van der Waals surface area contributed by atoms with E-state index in [1.54, 1.807) is 0 Å². The van der Waals surface area contributed by atoms with E-state index in [9.17, 15) is 9.90 Å². The molecular formula is C19H17NO4. The van der Waals surface area contributed by atoms with E-state index >= 15 is 0 Å². The molecule has 0 saturated carbocycles. The third kappa shape index (κ3) is 3.01. The lowest BCUT2D eigenvalue weighted by Crippen LogP contribution is -2.07. The number of rotatable bonds is 5. The topological polar surface area (TPSA) is 68.7 Å². The van der Waals surface area contributed by atoms with Gasteiger partial charge in [0.1, 0.15) is 17.6 Å². The van der Waals surface area contributed by atoms with Crippen LogP contribution in [0.25, 0.3) is 10.9 Å². The number of nitrogens with zero attached hydrogens (tertiary/aromatic N) is 1.